The van der Waals surface area contributed by atoms with Crippen LogP contribution in [0.2, 0.25) is 0 Å². The molecular weight excluding hydrogens is 356 g/mol. The van der Waals surface area contributed by atoms with Crippen LogP contribution in [0.5, 0.6) is 0 Å². The van der Waals surface area contributed by atoms with Gasteiger partial charge in [-0.2, -0.15) is 0 Å². The molecule has 0 aliphatic heterocycles. The van der Waals surface area contributed by atoms with Gasteiger partial charge in [-0.15, -0.1) is 0 Å². The monoisotopic (exact) mass is 396 g/mol. The second-order valence-electron chi connectivity index (χ2n) is 6.45. The summed E-state index contributed by atoms with van der Waals surface area (Å²) < 4.78 is 1.44. The standard InChI is InChI=1S/C11H20N4O.C9H20N2O/c1-3-14(4-2)8-5-6-13-11(16)15-9-7-12-10-15;1-4-11(5-2)8-6-7-10-9(3)12/h7,9-10H,3-6,8H2,1-2H3,(H,13,16);4-8H2,1-3H3,(H,10,12). The van der Waals surface area contributed by atoms with Gasteiger partial charge in [-0.05, 0) is 52.1 Å². The van der Waals surface area contributed by atoms with E-state index in [9.17, 15) is 9.59 Å². The number of amides is 2. The second-order valence-corrected chi connectivity index (χ2v) is 6.45. The minimum atomic E-state index is -0.114. The summed E-state index contributed by atoms with van der Waals surface area (Å²) in [5, 5.41) is 5.63. The Bertz CT molecular complexity index is 499. The fraction of sp³-hybridized carbons (Fsp3) is 0.750. The zero-order valence-corrected chi connectivity index (χ0v) is 18.4. The lowest BCUT2D eigenvalue weighted by atomic mass is 10.3. The van der Waals surface area contributed by atoms with Gasteiger partial charge < -0.3 is 20.4 Å². The average Bonchev–Trinajstić information content (AvgIpc) is 3.23. The zero-order valence-electron chi connectivity index (χ0n) is 18.4. The number of hydrogen-bond acceptors (Lipinski definition) is 5. The summed E-state index contributed by atoms with van der Waals surface area (Å²) in [6, 6.07) is -0.114. The predicted octanol–water partition coefficient (Wildman–Crippen LogP) is 2.03. The first-order chi connectivity index (χ1) is 13.5. The van der Waals surface area contributed by atoms with Gasteiger partial charge in [-0.25, -0.2) is 9.78 Å². The molecule has 8 heteroatoms. The maximum Gasteiger partial charge on any atom is 0.326 e. The van der Waals surface area contributed by atoms with E-state index in [-0.39, 0.29) is 11.9 Å². The maximum atomic E-state index is 11.5. The first-order valence-electron chi connectivity index (χ1n) is 10.4. The van der Waals surface area contributed by atoms with Crippen molar-refractivity contribution < 1.29 is 9.59 Å². The van der Waals surface area contributed by atoms with Crippen molar-refractivity contribution in [3.63, 3.8) is 0 Å². The van der Waals surface area contributed by atoms with Crippen molar-refractivity contribution in [1.82, 2.24) is 30.0 Å². The summed E-state index contributed by atoms with van der Waals surface area (Å²) in [5.41, 5.74) is 0. The molecule has 1 heterocycles. The average molecular weight is 397 g/mol. The molecule has 0 aliphatic carbocycles. The number of nitrogens with one attached hydrogen (secondary N) is 2. The molecule has 0 unspecified atom stereocenters. The Morgan fingerprint density at radius 2 is 1.39 bits per heavy atom. The molecule has 1 aromatic heterocycles. The van der Waals surface area contributed by atoms with Crippen LogP contribution in [0, 0.1) is 0 Å². The molecule has 0 spiro atoms. The highest BCUT2D eigenvalue weighted by molar-refractivity contribution is 5.76. The molecule has 1 aromatic rings. The molecule has 0 bridgehead atoms. The van der Waals surface area contributed by atoms with Crippen molar-refractivity contribution in [3.05, 3.63) is 18.7 Å². The Morgan fingerprint density at radius 3 is 1.79 bits per heavy atom. The van der Waals surface area contributed by atoms with Crippen LogP contribution in [-0.2, 0) is 4.79 Å². The van der Waals surface area contributed by atoms with Crippen LogP contribution in [0.4, 0.5) is 4.79 Å². The van der Waals surface area contributed by atoms with E-state index in [1.54, 1.807) is 19.3 Å². The van der Waals surface area contributed by atoms with E-state index in [1.807, 2.05) is 0 Å². The number of hydrogen-bond donors (Lipinski definition) is 2. The van der Waals surface area contributed by atoms with Gasteiger partial charge in [-0.3, -0.25) is 9.36 Å². The molecular formula is C20H40N6O2. The Balaban J connectivity index is 0.000000546. The summed E-state index contributed by atoms with van der Waals surface area (Å²) in [7, 11) is 0. The van der Waals surface area contributed by atoms with Gasteiger partial charge in [0.2, 0.25) is 5.91 Å². The summed E-state index contributed by atoms with van der Waals surface area (Å²) >= 11 is 0. The fourth-order valence-corrected chi connectivity index (χ4v) is 2.62. The lowest BCUT2D eigenvalue weighted by Crippen LogP contribution is -2.31. The first kappa shape index (κ1) is 26.1. The zero-order chi connectivity index (χ0) is 21.2. The Labute approximate surface area is 170 Å². The van der Waals surface area contributed by atoms with Gasteiger partial charge in [0.25, 0.3) is 0 Å². The largest absolute Gasteiger partial charge is 0.356 e. The van der Waals surface area contributed by atoms with Gasteiger partial charge in [0, 0.05) is 32.4 Å². The van der Waals surface area contributed by atoms with Crippen LogP contribution in [0.15, 0.2) is 18.7 Å². The third kappa shape index (κ3) is 13.3. The van der Waals surface area contributed by atoms with Gasteiger partial charge in [-0.1, -0.05) is 27.7 Å². The molecule has 8 nitrogen and oxygen atoms in total. The minimum Gasteiger partial charge on any atom is -0.356 e. The molecule has 2 N–H and O–H groups in total. The van der Waals surface area contributed by atoms with E-state index in [2.05, 4.69) is 53.1 Å². The van der Waals surface area contributed by atoms with Gasteiger partial charge in [0.1, 0.15) is 6.33 Å². The third-order valence-electron chi connectivity index (χ3n) is 4.48. The Morgan fingerprint density at radius 1 is 0.893 bits per heavy atom. The highest BCUT2D eigenvalue weighted by Gasteiger charge is 2.03. The van der Waals surface area contributed by atoms with Crippen LogP contribution in [0.25, 0.3) is 0 Å². The highest BCUT2D eigenvalue weighted by atomic mass is 16.2. The Kier molecular flexibility index (Phi) is 16.0. The van der Waals surface area contributed by atoms with Gasteiger partial charge in [0.15, 0.2) is 0 Å². The molecule has 2 amide bonds. The number of nitrogens with zero attached hydrogens (tertiary/aromatic N) is 4. The smallest absolute Gasteiger partial charge is 0.326 e. The molecule has 0 aliphatic rings. The number of carbonyl (C=O) groups excluding carboxylic acids is 2. The van der Waals surface area contributed by atoms with Crippen LogP contribution in [0.3, 0.4) is 0 Å². The molecule has 0 saturated heterocycles. The third-order valence-corrected chi connectivity index (χ3v) is 4.48. The minimum absolute atomic E-state index is 0.0644. The first-order valence-corrected chi connectivity index (χ1v) is 10.4. The van der Waals surface area contributed by atoms with E-state index < -0.39 is 0 Å². The number of imidazole rings is 1. The molecule has 162 valence electrons. The van der Waals surface area contributed by atoms with Crippen LogP contribution in [-0.4, -0.2) is 83.6 Å². The number of aromatic nitrogens is 2. The predicted molar refractivity (Wildman–Crippen MR) is 115 cm³/mol. The van der Waals surface area contributed by atoms with Crippen LogP contribution in [0.1, 0.15) is 47.5 Å². The summed E-state index contributed by atoms with van der Waals surface area (Å²) in [6.07, 6.45) is 6.75. The van der Waals surface area contributed by atoms with Crippen LogP contribution >= 0.6 is 0 Å². The summed E-state index contributed by atoms with van der Waals surface area (Å²) in [6.45, 7) is 18.1. The van der Waals surface area contributed by atoms with Crippen molar-refractivity contribution in [1.29, 1.82) is 0 Å². The van der Waals surface area contributed by atoms with E-state index in [0.717, 1.165) is 58.7 Å². The van der Waals surface area contributed by atoms with Crippen molar-refractivity contribution in [2.24, 2.45) is 0 Å². The van der Waals surface area contributed by atoms with Crippen molar-refractivity contribution in [2.75, 3.05) is 52.4 Å². The molecule has 28 heavy (non-hydrogen) atoms. The molecule has 0 aromatic carbocycles. The molecule has 0 radical (unpaired) electrons. The highest BCUT2D eigenvalue weighted by Crippen LogP contribution is 1.91. The SMILES string of the molecule is CCN(CC)CCCNC(=O)n1ccnc1.CCN(CC)CCCNC(C)=O. The number of carbonyl (C=O) groups is 2. The lowest BCUT2D eigenvalue weighted by Gasteiger charge is -2.17. The van der Waals surface area contributed by atoms with E-state index >= 15 is 0 Å². The maximum absolute atomic E-state index is 11.5. The van der Waals surface area contributed by atoms with Gasteiger partial charge >= 0.3 is 6.03 Å². The van der Waals surface area contributed by atoms with Crippen molar-refractivity contribution >= 4 is 11.9 Å². The summed E-state index contributed by atoms with van der Waals surface area (Å²) in [5.74, 6) is 0.0644. The topological polar surface area (TPSA) is 82.5 Å². The van der Waals surface area contributed by atoms with E-state index in [0.29, 0.717) is 6.54 Å². The lowest BCUT2D eigenvalue weighted by molar-refractivity contribution is -0.118. The molecule has 0 atom stereocenters. The fourth-order valence-electron chi connectivity index (χ4n) is 2.62. The normalized spacial score (nSPS) is 10.5. The van der Waals surface area contributed by atoms with Crippen molar-refractivity contribution in [2.45, 2.75) is 47.5 Å². The van der Waals surface area contributed by atoms with Gasteiger partial charge in [0.05, 0.1) is 0 Å². The second kappa shape index (κ2) is 17.2. The van der Waals surface area contributed by atoms with Crippen LogP contribution < -0.4 is 10.6 Å². The molecule has 0 fully saturated rings. The van der Waals surface area contributed by atoms with E-state index in [1.165, 1.54) is 10.9 Å². The number of rotatable bonds is 12. The quantitative estimate of drug-likeness (QED) is 0.528. The van der Waals surface area contributed by atoms with Crippen molar-refractivity contribution in [3.8, 4) is 0 Å². The molecule has 1 rings (SSSR count). The van der Waals surface area contributed by atoms with E-state index in [4.69, 9.17) is 0 Å². The Hall–Kier alpha value is -1.93. The summed E-state index contributed by atoms with van der Waals surface area (Å²) in [4.78, 5) is 30.5. The molecule has 0 saturated carbocycles.